The van der Waals surface area contributed by atoms with E-state index in [-0.39, 0.29) is 19.3 Å². The third-order valence-corrected chi connectivity index (χ3v) is 2.22. The second kappa shape index (κ2) is 2.69. The molecule has 2 bridgehead atoms. The van der Waals surface area contributed by atoms with Crippen molar-refractivity contribution in [3.05, 3.63) is 0 Å². The van der Waals surface area contributed by atoms with Crippen LogP contribution in [0.3, 0.4) is 0 Å². The third kappa shape index (κ3) is 1.10. The van der Waals surface area contributed by atoms with Crippen molar-refractivity contribution in [1.82, 2.24) is 5.32 Å². The first kappa shape index (κ1) is 7.97. The SMILES string of the molecule is O=C(O)C12COCC(COC1)N2. The van der Waals surface area contributed by atoms with Crippen LogP contribution in [-0.2, 0) is 14.3 Å². The number of rotatable bonds is 1. The number of morpholine rings is 2. The summed E-state index contributed by atoms with van der Waals surface area (Å²) in [6, 6.07) is 0.0311. The van der Waals surface area contributed by atoms with E-state index >= 15 is 0 Å². The monoisotopic (exact) mass is 173 g/mol. The van der Waals surface area contributed by atoms with Gasteiger partial charge in [-0.1, -0.05) is 0 Å². The first-order chi connectivity index (χ1) is 5.73. The Labute approximate surface area is 69.6 Å². The number of carboxylic acid groups (broad SMARTS) is 1. The standard InChI is InChI=1S/C7H11NO4/c9-6(10)7-3-11-1-5(8-7)2-12-4-7/h5,8H,1-4H2,(H,9,10). The fourth-order valence-electron chi connectivity index (χ4n) is 1.58. The summed E-state index contributed by atoms with van der Waals surface area (Å²) in [5, 5.41) is 11.9. The predicted octanol–water partition coefficient (Wildman–Crippen LogP) is -1.17. The molecule has 2 rings (SSSR count). The fourth-order valence-corrected chi connectivity index (χ4v) is 1.58. The third-order valence-electron chi connectivity index (χ3n) is 2.22. The number of ether oxygens (including phenoxy) is 2. The molecule has 0 aromatic carbocycles. The summed E-state index contributed by atoms with van der Waals surface area (Å²) in [6.07, 6.45) is 0. The highest BCUT2D eigenvalue weighted by Gasteiger charge is 2.46. The van der Waals surface area contributed by atoms with Crippen molar-refractivity contribution >= 4 is 5.97 Å². The molecule has 0 atom stereocenters. The highest BCUT2D eigenvalue weighted by atomic mass is 16.5. The van der Waals surface area contributed by atoms with E-state index in [4.69, 9.17) is 14.6 Å². The number of hydrogen-bond donors (Lipinski definition) is 2. The summed E-state index contributed by atoms with van der Waals surface area (Å²) >= 11 is 0. The lowest BCUT2D eigenvalue weighted by Gasteiger charge is -2.42. The fraction of sp³-hybridized carbons (Fsp3) is 0.857. The molecule has 2 fully saturated rings. The second-order valence-corrected chi connectivity index (χ2v) is 3.26. The normalized spacial score (nSPS) is 40.8. The average Bonchev–Trinajstić information content (AvgIpc) is 2.04. The molecular formula is C7H11NO4. The molecular weight excluding hydrogens is 162 g/mol. The molecule has 2 heterocycles. The molecule has 12 heavy (non-hydrogen) atoms. The molecule has 0 saturated carbocycles. The maximum Gasteiger partial charge on any atom is 0.328 e. The summed E-state index contributed by atoms with van der Waals surface area (Å²) in [6.45, 7) is 1.46. The van der Waals surface area contributed by atoms with E-state index in [1.54, 1.807) is 0 Å². The second-order valence-electron chi connectivity index (χ2n) is 3.26. The van der Waals surface area contributed by atoms with E-state index in [1.165, 1.54) is 0 Å². The molecule has 0 aromatic heterocycles. The van der Waals surface area contributed by atoms with E-state index in [0.717, 1.165) is 0 Å². The molecule has 68 valence electrons. The maximum absolute atomic E-state index is 10.9. The Kier molecular flexibility index (Phi) is 1.79. The largest absolute Gasteiger partial charge is 0.480 e. The minimum absolute atomic E-state index is 0.0311. The molecule has 0 spiro atoms. The van der Waals surface area contributed by atoms with Crippen LogP contribution in [0.4, 0.5) is 0 Å². The van der Waals surface area contributed by atoms with Gasteiger partial charge in [0.2, 0.25) is 0 Å². The van der Waals surface area contributed by atoms with E-state index < -0.39 is 11.5 Å². The molecule has 0 radical (unpaired) electrons. The van der Waals surface area contributed by atoms with Gasteiger partial charge in [-0.3, -0.25) is 10.1 Å². The Morgan fingerprint density at radius 1 is 1.42 bits per heavy atom. The molecule has 0 unspecified atom stereocenters. The van der Waals surface area contributed by atoms with Crippen molar-refractivity contribution in [3.8, 4) is 0 Å². The van der Waals surface area contributed by atoms with Crippen molar-refractivity contribution in [1.29, 1.82) is 0 Å². The molecule has 5 heteroatoms. The van der Waals surface area contributed by atoms with Gasteiger partial charge in [0.25, 0.3) is 0 Å². The zero-order chi connectivity index (χ0) is 8.60. The Hall–Kier alpha value is -0.650. The number of carbonyl (C=O) groups is 1. The summed E-state index contributed by atoms with van der Waals surface area (Å²) in [4.78, 5) is 10.9. The Morgan fingerprint density at radius 2 is 2.00 bits per heavy atom. The Morgan fingerprint density at radius 3 is 2.42 bits per heavy atom. The minimum Gasteiger partial charge on any atom is -0.480 e. The van der Waals surface area contributed by atoms with E-state index in [9.17, 15) is 4.79 Å². The smallest absolute Gasteiger partial charge is 0.328 e. The van der Waals surface area contributed by atoms with Gasteiger partial charge >= 0.3 is 5.97 Å². The first-order valence-corrected chi connectivity index (χ1v) is 3.89. The van der Waals surface area contributed by atoms with Crippen LogP contribution in [0, 0.1) is 0 Å². The highest BCUT2D eigenvalue weighted by molar-refractivity contribution is 5.79. The number of fused-ring (bicyclic) bond motifs is 2. The lowest BCUT2D eigenvalue weighted by atomic mass is 9.97. The molecule has 0 amide bonds. The molecule has 2 saturated heterocycles. The van der Waals surface area contributed by atoms with Crippen LogP contribution < -0.4 is 5.32 Å². The van der Waals surface area contributed by atoms with Gasteiger partial charge in [0.1, 0.15) is 0 Å². The van der Waals surface area contributed by atoms with Gasteiger partial charge < -0.3 is 14.6 Å². The maximum atomic E-state index is 10.9. The van der Waals surface area contributed by atoms with E-state index in [2.05, 4.69) is 5.32 Å². The molecule has 0 aliphatic carbocycles. The minimum atomic E-state index is -0.999. The Bertz CT molecular complexity index is 196. The van der Waals surface area contributed by atoms with Crippen molar-refractivity contribution in [2.24, 2.45) is 0 Å². The molecule has 2 aliphatic rings. The quantitative estimate of drug-likeness (QED) is 0.523. The summed E-state index contributed by atoms with van der Waals surface area (Å²) < 4.78 is 10.4. The van der Waals surface area contributed by atoms with Crippen LogP contribution in [-0.4, -0.2) is 49.1 Å². The van der Waals surface area contributed by atoms with Crippen molar-refractivity contribution in [2.45, 2.75) is 11.6 Å². The van der Waals surface area contributed by atoms with Gasteiger partial charge in [0.15, 0.2) is 5.54 Å². The number of nitrogens with one attached hydrogen (secondary N) is 1. The van der Waals surface area contributed by atoms with Gasteiger partial charge in [-0.2, -0.15) is 0 Å². The average molecular weight is 173 g/mol. The van der Waals surface area contributed by atoms with Crippen LogP contribution in [0.2, 0.25) is 0 Å². The highest BCUT2D eigenvalue weighted by Crippen LogP contribution is 2.18. The van der Waals surface area contributed by atoms with Crippen LogP contribution in [0.1, 0.15) is 0 Å². The topological polar surface area (TPSA) is 67.8 Å². The number of hydrogen-bond acceptors (Lipinski definition) is 4. The van der Waals surface area contributed by atoms with Crippen molar-refractivity contribution < 1.29 is 19.4 Å². The van der Waals surface area contributed by atoms with Crippen LogP contribution in [0.15, 0.2) is 0 Å². The van der Waals surface area contributed by atoms with Gasteiger partial charge in [-0.15, -0.1) is 0 Å². The zero-order valence-electron chi connectivity index (χ0n) is 6.58. The summed E-state index contributed by atoms with van der Waals surface area (Å²) in [5.41, 5.74) is -0.999. The van der Waals surface area contributed by atoms with Gasteiger partial charge in [0.05, 0.1) is 32.5 Å². The lowest BCUT2D eigenvalue weighted by molar-refractivity contribution is -0.166. The molecule has 0 aromatic rings. The number of carboxylic acids is 1. The van der Waals surface area contributed by atoms with E-state index in [0.29, 0.717) is 13.2 Å². The van der Waals surface area contributed by atoms with Gasteiger partial charge in [-0.25, -0.2) is 0 Å². The van der Waals surface area contributed by atoms with Gasteiger partial charge in [-0.05, 0) is 0 Å². The first-order valence-electron chi connectivity index (χ1n) is 3.89. The number of aliphatic carboxylic acids is 1. The van der Waals surface area contributed by atoms with Crippen molar-refractivity contribution in [3.63, 3.8) is 0 Å². The van der Waals surface area contributed by atoms with Crippen LogP contribution >= 0.6 is 0 Å². The molecule has 2 aliphatic heterocycles. The Balaban J connectivity index is 2.17. The summed E-state index contributed by atoms with van der Waals surface area (Å²) in [7, 11) is 0. The molecule has 5 nitrogen and oxygen atoms in total. The van der Waals surface area contributed by atoms with Crippen LogP contribution in [0.25, 0.3) is 0 Å². The van der Waals surface area contributed by atoms with E-state index in [1.807, 2.05) is 0 Å². The van der Waals surface area contributed by atoms with Crippen molar-refractivity contribution in [2.75, 3.05) is 26.4 Å². The zero-order valence-corrected chi connectivity index (χ0v) is 6.58. The summed E-state index contributed by atoms with van der Waals surface area (Å²) in [5.74, 6) is -0.896. The van der Waals surface area contributed by atoms with Crippen LogP contribution in [0.5, 0.6) is 0 Å². The van der Waals surface area contributed by atoms with Gasteiger partial charge in [0, 0.05) is 0 Å². The lowest BCUT2D eigenvalue weighted by Crippen LogP contribution is -2.70. The predicted molar refractivity (Wildman–Crippen MR) is 38.9 cm³/mol. The molecule has 2 N–H and O–H groups in total.